The molecule has 0 aliphatic carbocycles. The molecule has 0 amide bonds. The van der Waals surface area contributed by atoms with Crippen LogP contribution < -0.4 is 11.2 Å². The Morgan fingerprint density at radius 3 is 2.38 bits per heavy atom. The van der Waals surface area contributed by atoms with Crippen LogP contribution in [0.2, 0.25) is 0 Å². The van der Waals surface area contributed by atoms with Crippen molar-refractivity contribution < 1.29 is 0 Å². The molecule has 0 saturated heterocycles. The minimum Gasteiger partial charge on any atom is -0.330 e. The number of nitrogens with two attached hydrogens (primary N) is 1. The van der Waals surface area contributed by atoms with Gasteiger partial charge in [-0.05, 0) is 32.2 Å². The fourth-order valence-electron chi connectivity index (χ4n) is 1.98. The molecule has 0 radical (unpaired) electrons. The van der Waals surface area contributed by atoms with Gasteiger partial charge in [0.05, 0.1) is 0 Å². The van der Waals surface area contributed by atoms with Gasteiger partial charge >= 0.3 is 0 Å². The molecule has 3 N–H and O–H groups in total. The van der Waals surface area contributed by atoms with E-state index in [0.29, 0.717) is 6.04 Å². The largest absolute Gasteiger partial charge is 0.330 e. The second-order valence-electron chi connectivity index (χ2n) is 4.45. The lowest BCUT2D eigenvalue weighted by Gasteiger charge is -2.31. The van der Waals surface area contributed by atoms with Crippen molar-refractivity contribution in [1.82, 2.24) is 10.4 Å². The van der Waals surface area contributed by atoms with Gasteiger partial charge in [-0.3, -0.25) is 5.43 Å². The molecule has 0 bridgehead atoms. The van der Waals surface area contributed by atoms with E-state index in [0.717, 1.165) is 26.1 Å². The van der Waals surface area contributed by atoms with Crippen molar-refractivity contribution in [1.29, 1.82) is 0 Å². The molecule has 0 spiro atoms. The SMILES string of the molecule is CCCCC(CC)N(CCC)NCCCN. The molecule has 0 saturated carbocycles. The molecule has 0 aromatic heterocycles. The summed E-state index contributed by atoms with van der Waals surface area (Å²) in [6.07, 6.45) is 7.43. The van der Waals surface area contributed by atoms with Gasteiger partial charge in [0.2, 0.25) is 0 Å². The van der Waals surface area contributed by atoms with Crippen molar-refractivity contribution in [2.24, 2.45) is 5.73 Å². The summed E-state index contributed by atoms with van der Waals surface area (Å²) >= 11 is 0. The number of unbranched alkanes of at least 4 members (excludes halogenated alkanes) is 1. The molecule has 3 nitrogen and oxygen atoms in total. The number of hydrogen-bond acceptors (Lipinski definition) is 3. The van der Waals surface area contributed by atoms with Gasteiger partial charge in [0, 0.05) is 19.1 Å². The number of rotatable bonds is 11. The van der Waals surface area contributed by atoms with E-state index in [-0.39, 0.29) is 0 Å². The Morgan fingerprint density at radius 1 is 1.12 bits per heavy atom. The fourth-order valence-corrected chi connectivity index (χ4v) is 1.98. The molecule has 3 heteroatoms. The maximum atomic E-state index is 5.52. The maximum Gasteiger partial charge on any atom is 0.0240 e. The van der Waals surface area contributed by atoms with E-state index in [4.69, 9.17) is 5.73 Å². The van der Waals surface area contributed by atoms with Gasteiger partial charge < -0.3 is 5.73 Å². The Kier molecular flexibility index (Phi) is 11.3. The minimum atomic E-state index is 0.692. The molecule has 1 unspecified atom stereocenters. The summed E-state index contributed by atoms with van der Waals surface area (Å²) in [5, 5.41) is 2.44. The highest BCUT2D eigenvalue weighted by Gasteiger charge is 2.14. The third kappa shape index (κ3) is 7.20. The summed E-state index contributed by atoms with van der Waals surface area (Å²) in [6.45, 7) is 9.72. The lowest BCUT2D eigenvalue weighted by Crippen LogP contribution is -2.46. The van der Waals surface area contributed by atoms with Crippen molar-refractivity contribution in [3.05, 3.63) is 0 Å². The smallest absolute Gasteiger partial charge is 0.0240 e. The van der Waals surface area contributed by atoms with E-state index in [1.807, 2.05) is 0 Å². The zero-order chi connectivity index (χ0) is 12.2. The predicted octanol–water partition coefficient (Wildman–Crippen LogP) is 2.52. The molecule has 98 valence electrons. The maximum absolute atomic E-state index is 5.52. The van der Waals surface area contributed by atoms with Gasteiger partial charge in [0.15, 0.2) is 0 Å². The van der Waals surface area contributed by atoms with E-state index < -0.39 is 0 Å². The number of nitrogens with one attached hydrogen (secondary N) is 1. The standard InChI is InChI=1S/C13H31N3/c1-4-7-9-13(6-3)16(12-5-2)15-11-8-10-14/h13,15H,4-12,14H2,1-3H3. The summed E-state index contributed by atoms with van der Waals surface area (Å²) in [7, 11) is 0. The van der Waals surface area contributed by atoms with E-state index in [2.05, 4.69) is 31.2 Å². The van der Waals surface area contributed by atoms with Crippen molar-refractivity contribution in [3.8, 4) is 0 Å². The first kappa shape index (κ1) is 15.9. The lowest BCUT2D eigenvalue weighted by molar-refractivity contribution is 0.111. The zero-order valence-electron chi connectivity index (χ0n) is 11.5. The third-order valence-electron chi connectivity index (χ3n) is 2.96. The van der Waals surface area contributed by atoms with E-state index in [1.54, 1.807) is 0 Å². The monoisotopic (exact) mass is 229 g/mol. The zero-order valence-corrected chi connectivity index (χ0v) is 11.5. The molecule has 0 fully saturated rings. The summed E-state index contributed by atoms with van der Waals surface area (Å²) in [5.74, 6) is 0. The van der Waals surface area contributed by atoms with Crippen LogP contribution in [0.1, 0.15) is 59.3 Å². The normalized spacial score (nSPS) is 13.3. The van der Waals surface area contributed by atoms with Gasteiger partial charge in [-0.2, -0.15) is 0 Å². The quantitative estimate of drug-likeness (QED) is 0.422. The first-order chi connectivity index (χ1) is 7.79. The van der Waals surface area contributed by atoms with Crippen LogP contribution in [-0.2, 0) is 0 Å². The minimum absolute atomic E-state index is 0.692. The Hall–Kier alpha value is -0.120. The molecule has 0 aliphatic rings. The molecule has 0 rings (SSSR count). The van der Waals surface area contributed by atoms with Crippen LogP contribution in [0.4, 0.5) is 0 Å². The molecule has 0 aliphatic heterocycles. The second-order valence-corrected chi connectivity index (χ2v) is 4.45. The summed E-state index contributed by atoms with van der Waals surface area (Å²) in [5.41, 5.74) is 9.05. The Morgan fingerprint density at radius 2 is 1.88 bits per heavy atom. The molecular formula is C13H31N3. The van der Waals surface area contributed by atoms with Gasteiger partial charge in [-0.1, -0.05) is 33.6 Å². The predicted molar refractivity (Wildman–Crippen MR) is 72.3 cm³/mol. The summed E-state index contributed by atoms with van der Waals surface area (Å²) in [6, 6.07) is 0.692. The van der Waals surface area contributed by atoms with E-state index >= 15 is 0 Å². The first-order valence-corrected chi connectivity index (χ1v) is 7.00. The second kappa shape index (κ2) is 11.4. The highest BCUT2D eigenvalue weighted by Crippen LogP contribution is 2.11. The van der Waals surface area contributed by atoms with E-state index in [9.17, 15) is 0 Å². The van der Waals surface area contributed by atoms with Crippen LogP contribution in [0.25, 0.3) is 0 Å². The lowest BCUT2D eigenvalue weighted by atomic mass is 10.1. The molecular weight excluding hydrogens is 198 g/mol. The molecule has 16 heavy (non-hydrogen) atoms. The van der Waals surface area contributed by atoms with Crippen molar-refractivity contribution >= 4 is 0 Å². The third-order valence-corrected chi connectivity index (χ3v) is 2.96. The highest BCUT2D eigenvalue weighted by molar-refractivity contribution is 4.67. The summed E-state index contributed by atoms with van der Waals surface area (Å²) in [4.78, 5) is 0. The highest BCUT2D eigenvalue weighted by atomic mass is 15.5. The van der Waals surface area contributed by atoms with Crippen LogP contribution in [0.3, 0.4) is 0 Å². The molecule has 0 heterocycles. The van der Waals surface area contributed by atoms with Crippen molar-refractivity contribution in [2.75, 3.05) is 19.6 Å². The Balaban J connectivity index is 4.00. The molecule has 0 aromatic rings. The molecule has 0 aromatic carbocycles. The van der Waals surface area contributed by atoms with Crippen LogP contribution in [0, 0.1) is 0 Å². The van der Waals surface area contributed by atoms with Crippen LogP contribution in [0.5, 0.6) is 0 Å². The Labute approximate surface area is 102 Å². The van der Waals surface area contributed by atoms with Crippen molar-refractivity contribution in [3.63, 3.8) is 0 Å². The van der Waals surface area contributed by atoms with E-state index in [1.165, 1.54) is 32.1 Å². The van der Waals surface area contributed by atoms with Crippen LogP contribution in [-0.4, -0.2) is 30.7 Å². The average Bonchev–Trinajstić information content (AvgIpc) is 2.30. The van der Waals surface area contributed by atoms with Gasteiger partial charge in [-0.15, -0.1) is 0 Å². The number of hydrazine groups is 1. The van der Waals surface area contributed by atoms with Crippen LogP contribution in [0.15, 0.2) is 0 Å². The summed E-state index contributed by atoms with van der Waals surface area (Å²) < 4.78 is 0. The number of nitrogens with zero attached hydrogens (tertiary/aromatic N) is 1. The van der Waals surface area contributed by atoms with Gasteiger partial charge in [0.25, 0.3) is 0 Å². The Bertz CT molecular complexity index is 139. The first-order valence-electron chi connectivity index (χ1n) is 7.00. The van der Waals surface area contributed by atoms with Crippen LogP contribution >= 0.6 is 0 Å². The topological polar surface area (TPSA) is 41.3 Å². The average molecular weight is 229 g/mol. The fraction of sp³-hybridized carbons (Fsp3) is 1.00. The van der Waals surface area contributed by atoms with Gasteiger partial charge in [0.1, 0.15) is 0 Å². The van der Waals surface area contributed by atoms with Crippen molar-refractivity contribution in [2.45, 2.75) is 65.3 Å². The van der Waals surface area contributed by atoms with Gasteiger partial charge in [-0.25, -0.2) is 5.01 Å². The number of hydrogen-bond donors (Lipinski definition) is 2. The molecule has 1 atom stereocenters.